The molecule has 0 saturated heterocycles. The van der Waals surface area contributed by atoms with E-state index in [0.29, 0.717) is 4.88 Å². The summed E-state index contributed by atoms with van der Waals surface area (Å²) in [5.74, 6) is -0.121. The highest BCUT2D eigenvalue weighted by molar-refractivity contribution is 9.10. The molecule has 0 aliphatic carbocycles. The number of rotatable bonds is 3. The monoisotopic (exact) mass is 425 g/mol. The fourth-order valence-corrected chi connectivity index (χ4v) is 4.41. The van der Waals surface area contributed by atoms with Crippen LogP contribution in [0.2, 0.25) is 0 Å². The predicted molar refractivity (Wildman–Crippen MR) is 110 cm³/mol. The van der Waals surface area contributed by atoms with Crippen LogP contribution in [0.4, 0.5) is 5.69 Å². The highest BCUT2D eigenvalue weighted by Crippen LogP contribution is 2.29. The summed E-state index contributed by atoms with van der Waals surface area (Å²) in [6.45, 7) is 3.96. The Morgan fingerprint density at radius 1 is 1.15 bits per heavy atom. The van der Waals surface area contributed by atoms with Crippen molar-refractivity contribution in [2.45, 2.75) is 13.8 Å². The molecule has 0 aliphatic heterocycles. The van der Waals surface area contributed by atoms with Crippen LogP contribution >= 0.6 is 27.3 Å². The summed E-state index contributed by atoms with van der Waals surface area (Å²) >= 11 is 4.90. The molecular formula is C20H16BrN3OS. The fraction of sp³-hybridized carbons (Fsp3) is 0.100. The topological polar surface area (TPSA) is 46.4 Å². The van der Waals surface area contributed by atoms with Gasteiger partial charge < -0.3 is 5.32 Å². The van der Waals surface area contributed by atoms with Gasteiger partial charge in [0, 0.05) is 21.9 Å². The molecule has 4 aromatic rings. The van der Waals surface area contributed by atoms with E-state index < -0.39 is 0 Å². The van der Waals surface area contributed by atoms with Crippen molar-refractivity contribution < 1.29 is 4.79 Å². The van der Waals surface area contributed by atoms with Crippen LogP contribution in [0, 0.1) is 13.8 Å². The summed E-state index contributed by atoms with van der Waals surface area (Å²) in [6, 6.07) is 15.9. The molecule has 0 atom stereocenters. The van der Waals surface area contributed by atoms with E-state index in [1.165, 1.54) is 11.3 Å². The smallest absolute Gasteiger partial charge is 0.267 e. The van der Waals surface area contributed by atoms with E-state index in [0.717, 1.165) is 37.6 Å². The zero-order valence-electron chi connectivity index (χ0n) is 14.3. The molecule has 6 heteroatoms. The summed E-state index contributed by atoms with van der Waals surface area (Å²) in [5, 5.41) is 2.98. The average molecular weight is 426 g/mol. The molecule has 0 bridgehead atoms. The summed E-state index contributed by atoms with van der Waals surface area (Å²) in [7, 11) is 0. The minimum Gasteiger partial charge on any atom is -0.320 e. The predicted octanol–water partition coefficient (Wildman–Crippen LogP) is 5.69. The molecule has 4 rings (SSSR count). The molecular weight excluding hydrogens is 410 g/mol. The Hall–Kier alpha value is -2.44. The lowest BCUT2D eigenvalue weighted by atomic mass is 10.2. The van der Waals surface area contributed by atoms with Gasteiger partial charge in [0.25, 0.3) is 5.91 Å². The number of thiazole rings is 1. The van der Waals surface area contributed by atoms with Gasteiger partial charge in [-0.15, -0.1) is 0 Å². The second-order valence-electron chi connectivity index (χ2n) is 6.10. The zero-order valence-corrected chi connectivity index (χ0v) is 16.7. The number of hydrogen-bond acceptors (Lipinski definition) is 3. The Morgan fingerprint density at radius 2 is 1.92 bits per heavy atom. The molecule has 0 unspecified atom stereocenters. The van der Waals surface area contributed by atoms with Gasteiger partial charge in [-0.3, -0.25) is 9.20 Å². The molecule has 26 heavy (non-hydrogen) atoms. The lowest BCUT2D eigenvalue weighted by Gasteiger charge is -2.07. The van der Waals surface area contributed by atoms with Crippen LogP contribution < -0.4 is 5.32 Å². The number of halogens is 1. The minimum atomic E-state index is -0.121. The second kappa shape index (κ2) is 6.70. The molecule has 0 saturated carbocycles. The number of carbonyl (C=O) groups is 1. The number of hydrogen-bond donors (Lipinski definition) is 1. The second-order valence-corrected chi connectivity index (χ2v) is 7.93. The van der Waals surface area contributed by atoms with Crippen molar-refractivity contribution in [2.24, 2.45) is 0 Å². The fourth-order valence-electron chi connectivity index (χ4n) is 2.81. The number of fused-ring (bicyclic) bond motifs is 1. The van der Waals surface area contributed by atoms with Gasteiger partial charge in [0.15, 0.2) is 4.96 Å². The maximum atomic E-state index is 12.7. The number of carbonyl (C=O) groups excluding carboxylic acids is 1. The van der Waals surface area contributed by atoms with E-state index in [-0.39, 0.29) is 5.91 Å². The zero-order chi connectivity index (χ0) is 18.3. The van der Waals surface area contributed by atoms with Crippen molar-refractivity contribution in [1.82, 2.24) is 9.38 Å². The van der Waals surface area contributed by atoms with Crippen molar-refractivity contribution in [1.29, 1.82) is 0 Å². The molecule has 1 N–H and O–H groups in total. The van der Waals surface area contributed by atoms with Crippen molar-refractivity contribution in [3.05, 3.63) is 75.3 Å². The van der Waals surface area contributed by atoms with Crippen LogP contribution in [-0.4, -0.2) is 15.3 Å². The minimum absolute atomic E-state index is 0.121. The summed E-state index contributed by atoms with van der Waals surface area (Å²) in [5.41, 5.74) is 4.76. The highest BCUT2D eigenvalue weighted by Gasteiger charge is 2.18. The molecule has 2 aromatic carbocycles. The Kier molecular flexibility index (Phi) is 4.38. The van der Waals surface area contributed by atoms with Crippen LogP contribution in [0.15, 0.2) is 59.2 Å². The molecule has 1 amide bonds. The first-order chi connectivity index (χ1) is 12.5. The van der Waals surface area contributed by atoms with Gasteiger partial charge in [0.2, 0.25) is 0 Å². The number of aromatic nitrogens is 2. The van der Waals surface area contributed by atoms with E-state index in [1.54, 1.807) is 0 Å². The van der Waals surface area contributed by atoms with E-state index >= 15 is 0 Å². The van der Waals surface area contributed by atoms with Gasteiger partial charge in [0.05, 0.1) is 11.4 Å². The summed E-state index contributed by atoms with van der Waals surface area (Å²) < 4.78 is 2.85. The quantitative estimate of drug-likeness (QED) is 0.457. The first-order valence-corrected chi connectivity index (χ1v) is 9.75. The third-order valence-corrected chi connectivity index (χ3v) is 6.02. The standard InChI is InChI=1S/C20H16BrN3OS/c1-12-8-9-16(15(21)10-12)22-19(25)18-13(2)24-11-17(23-20(24)26-18)14-6-4-3-5-7-14/h3-11H,1-2H3,(H,22,25). The van der Waals surface area contributed by atoms with Crippen LogP contribution in [-0.2, 0) is 0 Å². The molecule has 0 radical (unpaired) electrons. The van der Waals surface area contributed by atoms with Crippen molar-refractivity contribution in [2.75, 3.05) is 5.32 Å². The van der Waals surface area contributed by atoms with E-state index in [9.17, 15) is 4.79 Å². The number of aryl methyl sites for hydroxylation is 2. The Balaban J connectivity index is 1.65. The summed E-state index contributed by atoms with van der Waals surface area (Å²) in [6.07, 6.45) is 1.98. The number of amides is 1. The SMILES string of the molecule is Cc1ccc(NC(=O)c2sc3nc(-c4ccccc4)cn3c2C)c(Br)c1. The van der Waals surface area contributed by atoms with E-state index in [4.69, 9.17) is 0 Å². The lowest BCUT2D eigenvalue weighted by molar-refractivity contribution is 0.102. The number of benzene rings is 2. The number of imidazole rings is 1. The molecule has 0 aliphatic rings. The van der Waals surface area contributed by atoms with Crippen molar-refractivity contribution in [3.8, 4) is 11.3 Å². The Labute approximate surface area is 163 Å². The van der Waals surface area contributed by atoms with Crippen LogP contribution in [0.3, 0.4) is 0 Å². The van der Waals surface area contributed by atoms with Gasteiger partial charge >= 0.3 is 0 Å². The molecule has 130 valence electrons. The molecule has 2 heterocycles. The summed E-state index contributed by atoms with van der Waals surface area (Å²) in [4.78, 5) is 18.9. The molecule has 0 fully saturated rings. The Bertz CT molecular complexity index is 1120. The lowest BCUT2D eigenvalue weighted by Crippen LogP contribution is -2.12. The first kappa shape index (κ1) is 17.0. The van der Waals surface area contributed by atoms with Crippen LogP contribution in [0.1, 0.15) is 20.9 Å². The maximum absolute atomic E-state index is 12.7. The van der Waals surface area contributed by atoms with E-state index in [2.05, 4.69) is 26.2 Å². The van der Waals surface area contributed by atoms with E-state index in [1.807, 2.05) is 73.0 Å². The number of anilines is 1. The van der Waals surface area contributed by atoms with Gasteiger partial charge in [-0.25, -0.2) is 4.98 Å². The van der Waals surface area contributed by atoms with Crippen molar-refractivity contribution in [3.63, 3.8) is 0 Å². The third kappa shape index (κ3) is 3.06. The number of nitrogens with one attached hydrogen (secondary N) is 1. The Morgan fingerprint density at radius 3 is 2.62 bits per heavy atom. The van der Waals surface area contributed by atoms with Crippen molar-refractivity contribution >= 4 is 43.8 Å². The van der Waals surface area contributed by atoms with Gasteiger partial charge in [-0.05, 0) is 47.5 Å². The maximum Gasteiger partial charge on any atom is 0.267 e. The highest BCUT2D eigenvalue weighted by atomic mass is 79.9. The van der Waals surface area contributed by atoms with Gasteiger partial charge in [-0.1, -0.05) is 47.7 Å². The first-order valence-electron chi connectivity index (χ1n) is 8.14. The van der Waals surface area contributed by atoms with Crippen LogP contribution in [0.25, 0.3) is 16.2 Å². The van der Waals surface area contributed by atoms with Gasteiger partial charge in [0.1, 0.15) is 4.88 Å². The van der Waals surface area contributed by atoms with Crippen LogP contribution in [0.5, 0.6) is 0 Å². The normalized spacial score (nSPS) is 11.0. The largest absolute Gasteiger partial charge is 0.320 e. The average Bonchev–Trinajstić information content (AvgIpc) is 3.18. The third-order valence-electron chi connectivity index (χ3n) is 4.21. The van der Waals surface area contributed by atoms with Gasteiger partial charge in [-0.2, -0.15) is 0 Å². The molecule has 2 aromatic heterocycles. The number of nitrogens with zero attached hydrogens (tertiary/aromatic N) is 2. The molecule has 0 spiro atoms. The molecule has 4 nitrogen and oxygen atoms in total.